The van der Waals surface area contributed by atoms with Crippen molar-refractivity contribution in [2.45, 2.75) is 141 Å². The third kappa shape index (κ3) is 9.44. The summed E-state index contributed by atoms with van der Waals surface area (Å²) in [6, 6.07) is 11.7. The zero-order valence-corrected chi connectivity index (χ0v) is 29.1. The van der Waals surface area contributed by atoms with Crippen molar-refractivity contribution in [2.24, 2.45) is 35.5 Å². The molecule has 4 saturated carbocycles. The van der Waals surface area contributed by atoms with Crippen molar-refractivity contribution in [2.75, 3.05) is 0 Å². The van der Waals surface area contributed by atoms with E-state index >= 15 is 0 Å². The first kappa shape index (κ1) is 35.1. The molecule has 0 unspecified atom stereocenters. The molecule has 4 aliphatic carbocycles. The summed E-state index contributed by atoms with van der Waals surface area (Å²) in [5.41, 5.74) is 3.97. The highest BCUT2D eigenvalue weighted by Gasteiger charge is 2.32. The molecule has 0 saturated heterocycles. The number of allylic oxidation sites excluding steroid dienone is 2. The van der Waals surface area contributed by atoms with Gasteiger partial charge in [0.15, 0.2) is 0 Å². The minimum atomic E-state index is -0.0395. The molecule has 0 radical (unpaired) electrons. The standard InChI is InChI=1S/C23H33F.C21H29F/c1-3-4-5-18-7-10-19(11-8-18)20-12-14-21(15-13-20)22-9-6-17(2)23(24)16-22;1-3-16-5-8-17(9-6-16)18-10-12-19(13-11-18)20-7-4-15(2)21(22)14-20/h3,6,9,16,18-21H,1,4-5,7-8,10-15H2,2H3;3-4,7,14,16-19H,1,5-6,8-13H2,2H3. The van der Waals surface area contributed by atoms with E-state index in [0.717, 1.165) is 46.6 Å². The van der Waals surface area contributed by atoms with Crippen molar-refractivity contribution in [3.63, 3.8) is 0 Å². The molecule has 2 heteroatoms. The molecule has 0 aliphatic heterocycles. The van der Waals surface area contributed by atoms with Gasteiger partial charge in [-0.2, -0.15) is 0 Å². The Bertz CT molecular complexity index is 1230. The molecule has 2 aromatic rings. The minimum absolute atomic E-state index is 0.0348. The monoisotopic (exact) mass is 628 g/mol. The van der Waals surface area contributed by atoms with E-state index in [2.05, 4.69) is 37.4 Å². The number of hydrogen-bond acceptors (Lipinski definition) is 0. The Labute approximate surface area is 280 Å². The van der Waals surface area contributed by atoms with Crippen molar-refractivity contribution in [3.8, 4) is 0 Å². The van der Waals surface area contributed by atoms with E-state index in [1.54, 1.807) is 12.1 Å². The highest BCUT2D eigenvalue weighted by atomic mass is 19.1. The first-order chi connectivity index (χ1) is 22.3. The van der Waals surface area contributed by atoms with Crippen LogP contribution in [0.2, 0.25) is 0 Å². The Morgan fingerprint density at radius 3 is 1.33 bits per heavy atom. The molecule has 0 N–H and O–H groups in total. The summed E-state index contributed by atoms with van der Waals surface area (Å²) in [5.74, 6) is 6.54. The molecule has 0 bridgehead atoms. The van der Waals surface area contributed by atoms with Crippen molar-refractivity contribution in [3.05, 3.63) is 95.6 Å². The highest BCUT2D eigenvalue weighted by molar-refractivity contribution is 5.27. The summed E-state index contributed by atoms with van der Waals surface area (Å²) in [6.45, 7) is 11.5. The predicted molar refractivity (Wildman–Crippen MR) is 192 cm³/mol. The fourth-order valence-electron chi connectivity index (χ4n) is 9.73. The number of benzene rings is 2. The van der Waals surface area contributed by atoms with Crippen LogP contribution in [-0.2, 0) is 0 Å². The molecule has 0 nitrogen and oxygen atoms in total. The van der Waals surface area contributed by atoms with E-state index in [-0.39, 0.29) is 11.6 Å². The Morgan fingerprint density at radius 2 is 0.957 bits per heavy atom. The average Bonchev–Trinajstić information content (AvgIpc) is 3.10. The lowest BCUT2D eigenvalue weighted by molar-refractivity contribution is 0.157. The van der Waals surface area contributed by atoms with Gasteiger partial charge in [0, 0.05) is 0 Å². The number of aryl methyl sites for hydroxylation is 2. The van der Waals surface area contributed by atoms with Crippen LogP contribution < -0.4 is 0 Å². The van der Waals surface area contributed by atoms with Crippen LogP contribution in [0.15, 0.2) is 61.7 Å². The van der Waals surface area contributed by atoms with Gasteiger partial charge in [0.25, 0.3) is 0 Å². The van der Waals surface area contributed by atoms with Gasteiger partial charge in [-0.1, -0.05) is 49.3 Å². The maximum absolute atomic E-state index is 13.8. The number of rotatable bonds is 8. The van der Waals surface area contributed by atoms with E-state index in [9.17, 15) is 8.78 Å². The molecule has 2 aromatic carbocycles. The van der Waals surface area contributed by atoms with Crippen LogP contribution in [0.3, 0.4) is 0 Å². The van der Waals surface area contributed by atoms with E-state index in [1.165, 1.54) is 127 Å². The van der Waals surface area contributed by atoms with Crippen LogP contribution >= 0.6 is 0 Å². The lowest BCUT2D eigenvalue weighted by atomic mass is 9.68. The number of hydrogen-bond donors (Lipinski definition) is 0. The molecule has 0 aromatic heterocycles. The fourth-order valence-corrected chi connectivity index (χ4v) is 9.73. The molecule has 0 amide bonds. The molecule has 0 spiro atoms. The molecule has 0 heterocycles. The topological polar surface area (TPSA) is 0 Å². The van der Waals surface area contributed by atoms with Gasteiger partial charge in [0.1, 0.15) is 11.6 Å². The van der Waals surface area contributed by atoms with E-state index in [1.807, 2.05) is 26.0 Å². The summed E-state index contributed by atoms with van der Waals surface area (Å²) < 4.78 is 27.6. The molecule has 6 rings (SSSR count). The summed E-state index contributed by atoms with van der Waals surface area (Å²) in [5, 5.41) is 0. The van der Waals surface area contributed by atoms with Gasteiger partial charge in [0.05, 0.1) is 0 Å². The Balaban J connectivity index is 0.000000182. The molecule has 46 heavy (non-hydrogen) atoms. The molecule has 0 atom stereocenters. The van der Waals surface area contributed by atoms with Crippen LogP contribution in [0, 0.1) is 61.0 Å². The fraction of sp³-hybridized carbons (Fsp3) is 0.636. The lowest BCUT2D eigenvalue weighted by Gasteiger charge is -2.38. The third-order valence-electron chi connectivity index (χ3n) is 13.0. The summed E-state index contributed by atoms with van der Waals surface area (Å²) in [6.07, 6.45) is 28.4. The van der Waals surface area contributed by atoms with Crippen molar-refractivity contribution >= 4 is 0 Å². The Hall–Kier alpha value is -2.22. The van der Waals surface area contributed by atoms with Crippen molar-refractivity contribution in [1.29, 1.82) is 0 Å². The first-order valence-electron chi connectivity index (χ1n) is 19.1. The predicted octanol–water partition coefficient (Wildman–Crippen LogP) is 13.6. The summed E-state index contributed by atoms with van der Waals surface area (Å²) in [7, 11) is 0. The van der Waals surface area contributed by atoms with Crippen LogP contribution in [0.1, 0.15) is 150 Å². The van der Waals surface area contributed by atoms with E-state index in [4.69, 9.17) is 0 Å². The Morgan fingerprint density at radius 1 is 0.565 bits per heavy atom. The smallest absolute Gasteiger partial charge is 0.126 e. The first-order valence-corrected chi connectivity index (χ1v) is 19.1. The summed E-state index contributed by atoms with van der Waals surface area (Å²) >= 11 is 0. The van der Waals surface area contributed by atoms with Crippen LogP contribution in [0.4, 0.5) is 8.78 Å². The quantitative estimate of drug-likeness (QED) is 0.255. The zero-order valence-electron chi connectivity index (χ0n) is 29.1. The van der Waals surface area contributed by atoms with Gasteiger partial charge < -0.3 is 0 Å². The minimum Gasteiger partial charge on any atom is -0.207 e. The maximum atomic E-state index is 13.8. The second kappa shape index (κ2) is 17.3. The largest absolute Gasteiger partial charge is 0.207 e. The highest BCUT2D eigenvalue weighted by Crippen LogP contribution is 2.46. The zero-order chi connectivity index (χ0) is 32.5. The van der Waals surface area contributed by atoms with Crippen molar-refractivity contribution < 1.29 is 8.78 Å². The van der Waals surface area contributed by atoms with Gasteiger partial charge in [-0.05, 0) is 198 Å². The van der Waals surface area contributed by atoms with Gasteiger partial charge in [-0.25, -0.2) is 8.78 Å². The summed E-state index contributed by atoms with van der Waals surface area (Å²) in [4.78, 5) is 0. The molecule has 4 fully saturated rings. The van der Waals surface area contributed by atoms with Gasteiger partial charge in [0.2, 0.25) is 0 Å². The van der Waals surface area contributed by atoms with Gasteiger partial charge in [-0.3, -0.25) is 0 Å². The molecular weight excluding hydrogens is 566 g/mol. The van der Waals surface area contributed by atoms with Crippen LogP contribution in [-0.4, -0.2) is 0 Å². The van der Waals surface area contributed by atoms with Crippen molar-refractivity contribution in [1.82, 2.24) is 0 Å². The molecule has 4 aliphatic rings. The SMILES string of the molecule is C=CC1CCC(C2CCC(c3ccc(C)c(F)c3)CC2)CC1.C=CCCC1CCC(C2CCC(c3ccc(C)c(F)c3)CC2)CC1. The molecular formula is C44H62F2. The van der Waals surface area contributed by atoms with Crippen LogP contribution in [0.25, 0.3) is 0 Å². The third-order valence-corrected chi connectivity index (χ3v) is 13.0. The van der Waals surface area contributed by atoms with E-state index in [0.29, 0.717) is 11.8 Å². The maximum Gasteiger partial charge on any atom is 0.126 e. The second-order valence-corrected chi connectivity index (χ2v) is 15.8. The molecule has 252 valence electrons. The number of halogens is 2. The Kier molecular flexibility index (Phi) is 13.2. The lowest BCUT2D eigenvalue weighted by Crippen LogP contribution is -2.25. The van der Waals surface area contributed by atoms with Gasteiger partial charge in [-0.15, -0.1) is 13.2 Å². The van der Waals surface area contributed by atoms with Gasteiger partial charge >= 0.3 is 0 Å². The van der Waals surface area contributed by atoms with E-state index < -0.39 is 0 Å². The normalized spacial score (nSPS) is 31.7. The van der Waals surface area contributed by atoms with Crippen LogP contribution in [0.5, 0.6) is 0 Å². The average molecular weight is 629 g/mol. The second-order valence-electron chi connectivity index (χ2n) is 15.8.